The SMILES string of the molecule is CC(CCSc1nc2ccccc2s1)(NC1CC1)C(=O)O. The molecule has 0 bridgehead atoms. The number of hydrogen-bond donors (Lipinski definition) is 2. The zero-order valence-electron chi connectivity index (χ0n) is 11.8. The molecule has 21 heavy (non-hydrogen) atoms. The summed E-state index contributed by atoms with van der Waals surface area (Å²) in [5.74, 6) is -0.0122. The van der Waals surface area contributed by atoms with E-state index in [0.717, 1.165) is 28.5 Å². The molecule has 1 aromatic carbocycles. The number of nitrogens with one attached hydrogen (secondary N) is 1. The Balaban J connectivity index is 1.59. The lowest BCUT2D eigenvalue weighted by Gasteiger charge is -2.26. The molecule has 3 rings (SSSR count). The standard InChI is InChI=1S/C15H18N2O2S2/c1-15(13(18)19,17-10-6-7-10)8-9-20-14-16-11-4-2-3-5-12(11)21-14/h2-5,10,17H,6-9H2,1H3,(H,18,19). The van der Waals surface area contributed by atoms with Gasteiger partial charge in [-0.05, 0) is 38.3 Å². The maximum absolute atomic E-state index is 11.5. The van der Waals surface area contributed by atoms with Crippen LogP contribution in [0.3, 0.4) is 0 Å². The van der Waals surface area contributed by atoms with Crippen LogP contribution in [0.1, 0.15) is 26.2 Å². The quantitative estimate of drug-likeness (QED) is 0.765. The van der Waals surface area contributed by atoms with Gasteiger partial charge in [0.05, 0.1) is 10.2 Å². The van der Waals surface area contributed by atoms with Crippen molar-refractivity contribution >= 4 is 39.3 Å². The second kappa shape index (κ2) is 5.94. The maximum Gasteiger partial charge on any atom is 0.323 e. The molecule has 0 amide bonds. The number of nitrogens with zero attached hydrogens (tertiary/aromatic N) is 1. The molecule has 2 aromatic rings. The third-order valence-corrected chi connectivity index (χ3v) is 5.86. The van der Waals surface area contributed by atoms with Crippen molar-refractivity contribution in [1.29, 1.82) is 0 Å². The molecule has 1 heterocycles. The first-order chi connectivity index (χ1) is 10.1. The number of thiazole rings is 1. The van der Waals surface area contributed by atoms with E-state index in [0.29, 0.717) is 12.5 Å². The molecule has 1 fully saturated rings. The molecule has 1 aliphatic rings. The van der Waals surface area contributed by atoms with Gasteiger partial charge in [-0.3, -0.25) is 10.1 Å². The molecular weight excluding hydrogens is 304 g/mol. The molecule has 4 nitrogen and oxygen atoms in total. The predicted molar refractivity (Wildman–Crippen MR) is 87.2 cm³/mol. The Morgan fingerprint density at radius 1 is 1.52 bits per heavy atom. The summed E-state index contributed by atoms with van der Waals surface area (Å²) < 4.78 is 2.19. The van der Waals surface area contributed by atoms with Crippen LogP contribution in [0.2, 0.25) is 0 Å². The van der Waals surface area contributed by atoms with Gasteiger partial charge in [0.2, 0.25) is 0 Å². The van der Waals surface area contributed by atoms with E-state index in [-0.39, 0.29) is 0 Å². The van der Waals surface area contributed by atoms with E-state index >= 15 is 0 Å². The minimum absolute atomic E-state index is 0.388. The lowest BCUT2D eigenvalue weighted by molar-refractivity contribution is -0.144. The molecule has 1 aliphatic carbocycles. The third-order valence-electron chi connectivity index (χ3n) is 3.67. The van der Waals surface area contributed by atoms with E-state index in [2.05, 4.69) is 16.4 Å². The van der Waals surface area contributed by atoms with Crippen LogP contribution in [0.5, 0.6) is 0 Å². The Morgan fingerprint density at radius 2 is 2.29 bits per heavy atom. The molecule has 1 aromatic heterocycles. The molecule has 2 N–H and O–H groups in total. The summed E-state index contributed by atoms with van der Waals surface area (Å²) in [5.41, 5.74) is 0.187. The second-order valence-corrected chi connectivity index (χ2v) is 7.97. The first-order valence-corrected chi connectivity index (χ1v) is 8.86. The van der Waals surface area contributed by atoms with Crippen LogP contribution in [-0.2, 0) is 4.79 Å². The first-order valence-electron chi connectivity index (χ1n) is 7.06. The van der Waals surface area contributed by atoms with Crippen LogP contribution >= 0.6 is 23.1 Å². The molecule has 6 heteroatoms. The maximum atomic E-state index is 11.5. The number of thioether (sulfide) groups is 1. The van der Waals surface area contributed by atoms with E-state index < -0.39 is 11.5 Å². The van der Waals surface area contributed by atoms with E-state index in [4.69, 9.17) is 0 Å². The summed E-state index contributed by atoms with van der Waals surface area (Å²) in [6.07, 6.45) is 2.78. The van der Waals surface area contributed by atoms with Gasteiger partial charge in [0.25, 0.3) is 0 Å². The third kappa shape index (κ3) is 3.56. The van der Waals surface area contributed by atoms with Gasteiger partial charge in [-0.25, -0.2) is 4.98 Å². The van der Waals surface area contributed by atoms with Crippen molar-refractivity contribution in [2.75, 3.05) is 5.75 Å². The van der Waals surface area contributed by atoms with Crippen molar-refractivity contribution in [1.82, 2.24) is 10.3 Å². The second-order valence-electron chi connectivity index (χ2n) is 5.60. The number of carboxylic acid groups (broad SMARTS) is 1. The van der Waals surface area contributed by atoms with Gasteiger partial charge in [0.1, 0.15) is 5.54 Å². The van der Waals surface area contributed by atoms with Gasteiger partial charge in [-0.15, -0.1) is 11.3 Å². The van der Waals surface area contributed by atoms with E-state index in [1.54, 1.807) is 30.0 Å². The van der Waals surface area contributed by atoms with Crippen molar-refractivity contribution in [2.24, 2.45) is 0 Å². The summed E-state index contributed by atoms with van der Waals surface area (Å²) in [7, 11) is 0. The van der Waals surface area contributed by atoms with Crippen LogP contribution in [0, 0.1) is 0 Å². The number of rotatable bonds is 7. The number of fused-ring (bicyclic) bond motifs is 1. The minimum atomic E-state index is -0.829. The normalized spacial score (nSPS) is 17.8. The smallest absolute Gasteiger partial charge is 0.323 e. The lowest BCUT2D eigenvalue weighted by atomic mass is 9.99. The fourth-order valence-corrected chi connectivity index (χ4v) is 4.47. The van der Waals surface area contributed by atoms with Gasteiger partial charge in [-0.2, -0.15) is 0 Å². The van der Waals surface area contributed by atoms with E-state index in [1.807, 2.05) is 18.2 Å². The highest BCUT2D eigenvalue weighted by Gasteiger charge is 2.38. The van der Waals surface area contributed by atoms with Crippen LogP contribution < -0.4 is 5.32 Å². The number of aromatic nitrogens is 1. The molecule has 1 atom stereocenters. The zero-order valence-corrected chi connectivity index (χ0v) is 13.5. The number of benzene rings is 1. The summed E-state index contributed by atoms with van der Waals surface area (Å²) >= 11 is 3.31. The highest BCUT2D eigenvalue weighted by atomic mass is 32.2. The number of carbonyl (C=O) groups is 1. The minimum Gasteiger partial charge on any atom is -0.480 e. The van der Waals surface area contributed by atoms with Crippen LogP contribution in [0.4, 0.5) is 0 Å². The molecule has 0 radical (unpaired) electrons. The van der Waals surface area contributed by atoms with Gasteiger partial charge < -0.3 is 5.11 Å². The topological polar surface area (TPSA) is 62.2 Å². The summed E-state index contributed by atoms with van der Waals surface area (Å²) in [6, 6.07) is 8.45. The van der Waals surface area contributed by atoms with Crippen LogP contribution in [0.25, 0.3) is 10.2 Å². The van der Waals surface area contributed by atoms with Gasteiger partial charge in [0.15, 0.2) is 4.34 Å². The monoisotopic (exact) mass is 322 g/mol. The molecule has 0 aliphatic heterocycles. The van der Waals surface area contributed by atoms with Gasteiger partial charge in [0, 0.05) is 11.8 Å². The lowest BCUT2D eigenvalue weighted by Crippen LogP contribution is -2.50. The van der Waals surface area contributed by atoms with Crippen molar-refractivity contribution in [3.8, 4) is 0 Å². The van der Waals surface area contributed by atoms with E-state index in [9.17, 15) is 9.90 Å². The Bertz CT molecular complexity index is 621. The molecule has 1 saturated carbocycles. The van der Waals surface area contributed by atoms with E-state index in [1.165, 1.54) is 4.70 Å². The Labute approximate surface area is 132 Å². The number of para-hydroxylation sites is 1. The van der Waals surface area contributed by atoms with Crippen LogP contribution in [0.15, 0.2) is 28.6 Å². The van der Waals surface area contributed by atoms with Crippen molar-refractivity contribution in [3.63, 3.8) is 0 Å². The summed E-state index contributed by atoms with van der Waals surface area (Å²) in [6.45, 7) is 1.78. The molecule has 1 unspecified atom stereocenters. The highest BCUT2D eigenvalue weighted by molar-refractivity contribution is 8.01. The molecular formula is C15H18N2O2S2. The van der Waals surface area contributed by atoms with Gasteiger partial charge >= 0.3 is 5.97 Å². The van der Waals surface area contributed by atoms with Crippen molar-refractivity contribution < 1.29 is 9.90 Å². The zero-order chi connectivity index (χ0) is 14.9. The molecule has 0 spiro atoms. The van der Waals surface area contributed by atoms with Crippen molar-refractivity contribution in [3.05, 3.63) is 24.3 Å². The highest BCUT2D eigenvalue weighted by Crippen LogP contribution is 2.31. The average Bonchev–Trinajstić information content (AvgIpc) is 3.15. The van der Waals surface area contributed by atoms with Crippen LogP contribution in [-0.4, -0.2) is 33.4 Å². The largest absolute Gasteiger partial charge is 0.480 e. The molecule has 112 valence electrons. The average molecular weight is 322 g/mol. The Morgan fingerprint density at radius 3 is 2.95 bits per heavy atom. The number of aliphatic carboxylic acids is 1. The summed E-state index contributed by atoms with van der Waals surface area (Å²) in [5, 5.41) is 12.7. The summed E-state index contributed by atoms with van der Waals surface area (Å²) in [4.78, 5) is 16.0. The van der Waals surface area contributed by atoms with Gasteiger partial charge in [-0.1, -0.05) is 23.9 Å². The Hall–Kier alpha value is -1.11. The van der Waals surface area contributed by atoms with Crippen molar-refractivity contribution in [2.45, 2.75) is 42.1 Å². The number of hydrogen-bond acceptors (Lipinski definition) is 5. The Kier molecular flexibility index (Phi) is 4.19. The fraction of sp³-hybridized carbons (Fsp3) is 0.467. The fourth-order valence-electron chi connectivity index (χ4n) is 2.17. The predicted octanol–water partition coefficient (Wildman–Crippen LogP) is 3.37. The first kappa shape index (κ1) is 14.8. The molecule has 0 saturated heterocycles. The number of carboxylic acids is 1.